The van der Waals surface area contributed by atoms with E-state index >= 15 is 0 Å². The average molecular weight is 315 g/mol. The van der Waals surface area contributed by atoms with E-state index < -0.39 is 0 Å². The van der Waals surface area contributed by atoms with Crippen LogP contribution in [0.15, 0.2) is 72.0 Å². The number of nitrogens with one attached hydrogen (secondary N) is 1. The Hall–Kier alpha value is -3.01. The maximum Gasteiger partial charge on any atom is 0.243 e. The number of aromatic nitrogens is 1. The van der Waals surface area contributed by atoms with Gasteiger partial charge in [-0.2, -0.15) is 5.10 Å². The molecule has 1 heterocycles. The normalized spacial score (nSPS) is 19.5. The van der Waals surface area contributed by atoms with Crippen molar-refractivity contribution < 1.29 is 4.79 Å². The van der Waals surface area contributed by atoms with E-state index in [9.17, 15) is 4.79 Å². The molecule has 1 aromatic heterocycles. The fraction of sp³-hybridized carbons (Fsp3) is 0.150. The minimum Gasteiger partial charge on any atom is -0.273 e. The number of benzene rings is 2. The Morgan fingerprint density at radius 3 is 2.88 bits per heavy atom. The highest BCUT2D eigenvalue weighted by molar-refractivity contribution is 5.89. The molecule has 4 rings (SSSR count). The fourth-order valence-corrected chi connectivity index (χ4v) is 2.98. The maximum atomic E-state index is 12.2. The minimum atomic E-state index is -0.0115. The molecule has 1 aliphatic rings. The van der Waals surface area contributed by atoms with Crippen molar-refractivity contribution in [3.63, 3.8) is 0 Å². The Morgan fingerprint density at radius 2 is 2.00 bits per heavy atom. The summed E-state index contributed by atoms with van der Waals surface area (Å²) in [6.07, 6.45) is 4.34. The summed E-state index contributed by atoms with van der Waals surface area (Å²) < 4.78 is 0. The quantitative estimate of drug-likeness (QED) is 0.592. The lowest BCUT2D eigenvalue weighted by Crippen LogP contribution is -2.20. The van der Waals surface area contributed by atoms with Gasteiger partial charge < -0.3 is 0 Å². The molecule has 1 fully saturated rings. The number of rotatable bonds is 4. The summed E-state index contributed by atoms with van der Waals surface area (Å²) in [6.45, 7) is 0. The van der Waals surface area contributed by atoms with Gasteiger partial charge in [0.1, 0.15) is 0 Å². The molecular weight excluding hydrogens is 298 g/mol. The SMILES string of the molecule is O=C(N/N=C/c1ccc2ncccc2c1)[C@@H]1C[C@H]1c1ccccc1. The predicted molar refractivity (Wildman–Crippen MR) is 94.8 cm³/mol. The summed E-state index contributed by atoms with van der Waals surface area (Å²) in [4.78, 5) is 16.4. The van der Waals surface area contributed by atoms with Gasteiger partial charge in [0.15, 0.2) is 0 Å². The Labute approximate surface area is 140 Å². The smallest absolute Gasteiger partial charge is 0.243 e. The summed E-state index contributed by atoms with van der Waals surface area (Å²) >= 11 is 0. The van der Waals surface area contributed by atoms with Crippen LogP contribution >= 0.6 is 0 Å². The zero-order valence-electron chi connectivity index (χ0n) is 13.1. The molecule has 118 valence electrons. The third-order valence-electron chi connectivity index (χ3n) is 4.37. The van der Waals surface area contributed by atoms with E-state index in [1.165, 1.54) is 5.56 Å². The van der Waals surface area contributed by atoms with Gasteiger partial charge in [0.25, 0.3) is 0 Å². The third-order valence-corrected chi connectivity index (χ3v) is 4.37. The molecule has 1 aliphatic carbocycles. The van der Waals surface area contributed by atoms with Gasteiger partial charge in [0.05, 0.1) is 11.7 Å². The number of hydrazone groups is 1. The van der Waals surface area contributed by atoms with Crippen LogP contribution in [0.4, 0.5) is 0 Å². The standard InChI is InChI=1S/C20H17N3O/c24-20(18-12-17(18)15-5-2-1-3-6-15)23-22-13-14-8-9-19-16(11-14)7-4-10-21-19/h1-11,13,17-18H,12H2,(H,23,24)/b22-13+/t17-,18+/m0/s1. The van der Waals surface area contributed by atoms with Crippen LogP contribution in [0, 0.1) is 5.92 Å². The molecule has 4 heteroatoms. The zero-order chi connectivity index (χ0) is 16.4. The summed E-state index contributed by atoms with van der Waals surface area (Å²) in [7, 11) is 0. The van der Waals surface area contributed by atoms with E-state index in [0.29, 0.717) is 5.92 Å². The molecular formula is C20H17N3O. The van der Waals surface area contributed by atoms with Crippen LogP contribution in [-0.2, 0) is 4.79 Å². The molecule has 1 saturated carbocycles. The van der Waals surface area contributed by atoms with E-state index in [1.807, 2.05) is 48.5 Å². The Kier molecular flexibility index (Phi) is 3.79. The van der Waals surface area contributed by atoms with Crippen molar-refractivity contribution in [2.45, 2.75) is 12.3 Å². The van der Waals surface area contributed by atoms with Crippen molar-refractivity contribution in [3.8, 4) is 0 Å². The number of hydrogen-bond acceptors (Lipinski definition) is 3. The number of amides is 1. The van der Waals surface area contributed by atoms with E-state index in [2.05, 4.69) is 27.6 Å². The lowest BCUT2D eigenvalue weighted by Gasteiger charge is -2.01. The molecule has 3 aromatic rings. The van der Waals surface area contributed by atoms with Crippen LogP contribution in [-0.4, -0.2) is 17.1 Å². The second kappa shape index (κ2) is 6.24. The van der Waals surface area contributed by atoms with Crippen molar-refractivity contribution >= 4 is 23.0 Å². The lowest BCUT2D eigenvalue weighted by molar-refractivity contribution is -0.122. The first-order chi connectivity index (χ1) is 11.8. The molecule has 2 atom stereocenters. The van der Waals surface area contributed by atoms with Crippen molar-refractivity contribution in [1.82, 2.24) is 10.4 Å². The Bertz CT molecular complexity index is 905. The molecule has 24 heavy (non-hydrogen) atoms. The van der Waals surface area contributed by atoms with Gasteiger partial charge >= 0.3 is 0 Å². The predicted octanol–water partition coefficient (Wildman–Crippen LogP) is 3.49. The first-order valence-electron chi connectivity index (χ1n) is 8.04. The molecule has 1 amide bonds. The minimum absolute atomic E-state index is 0.0115. The highest BCUT2D eigenvalue weighted by atomic mass is 16.2. The fourth-order valence-electron chi connectivity index (χ4n) is 2.98. The number of carbonyl (C=O) groups excluding carboxylic acids is 1. The average Bonchev–Trinajstić information content (AvgIpc) is 3.43. The number of fused-ring (bicyclic) bond motifs is 1. The van der Waals surface area contributed by atoms with Crippen LogP contribution < -0.4 is 5.43 Å². The van der Waals surface area contributed by atoms with Gasteiger partial charge in [-0.05, 0) is 41.7 Å². The molecule has 0 spiro atoms. The topological polar surface area (TPSA) is 54.4 Å². The van der Waals surface area contributed by atoms with Gasteiger partial charge in [-0.1, -0.05) is 42.5 Å². The number of nitrogens with zero attached hydrogens (tertiary/aromatic N) is 2. The molecule has 0 bridgehead atoms. The highest BCUT2D eigenvalue weighted by Crippen LogP contribution is 2.47. The van der Waals surface area contributed by atoms with E-state index in [4.69, 9.17) is 0 Å². The summed E-state index contributed by atoms with van der Waals surface area (Å²) in [5, 5.41) is 5.15. The first-order valence-corrected chi connectivity index (χ1v) is 8.04. The summed E-state index contributed by atoms with van der Waals surface area (Å²) in [6, 6.07) is 20.0. The van der Waals surface area contributed by atoms with Crippen molar-refractivity contribution in [1.29, 1.82) is 0 Å². The molecule has 0 saturated heterocycles. The number of pyridine rings is 1. The molecule has 0 radical (unpaired) electrons. The summed E-state index contributed by atoms with van der Waals surface area (Å²) in [5.41, 5.74) is 5.76. The number of carbonyl (C=O) groups is 1. The van der Waals surface area contributed by atoms with Crippen LogP contribution in [0.25, 0.3) is 10.9 Å². The molecule has 2 aromatic carbocycles. The van der Waals surface area contributed by atoms with Gasteiger partial charge in [-0.3, -0.25) is 9.78 Å². The van der Waals surface area contributed by atoms with Crippen molar-refractivity contribution in [2.24, 2.45) is 11.0 Å². The summed E-state index contributed by atoms with van der Waals surface area (Å²) in [5.74, 6) is 0.348. The largest absolute Gasteiger partial charge is 0.273 e. The van der Waals surface area contributed by atoms with Gasteiger partial charge in [-0.25, -0.2) is 5.43 Å². The van der Waals surface area contributed by atoms with Gasteiger partial charge in [-0.15, -0.1) is 0 Å². The van der Waals surface area contributed by atoms with Crippen LogP contribution in [0.5, 0.6) is 0 Å². The second-order valence-electron chi connectivity index (χ2n) is 6.05. The van der Waals surface area contributed by atoms with Crippen LogP contribution in [0.3, 0.4) is 0 Å². The van der Waals surface area contributed by atoms with E-state index in [1.54, 1.807) is 12.4 Å². The second-order valence-corrected chi connectivity index (χ2v) is 6.05. The first kappa shape index (κ1) is 14.6. The maximum absolute atomic E-state index is 12.2. The molecule has 4 nitrogen and oxygen atoms in total. The Balaban J connectivity index is 1.37. The van der Waals surface area contributed by atoms with Gasteiger partial charge in [0, 0.05) is 17.5 Å². The van der Waals surface area contributed by atoms with Crippen LogP contribution in [0.1, 0.15) is 23.5 Å². The lowest BCUT2D eigenvalue weighted by atomic mass is 10.1. The van der Waals surface area contributed by atoms with Crippen molar-refractivity contribution in [2.75, 3.05) is 0 Å². The zero-order valence-corrected chi connectivity index (χ0v) is 13.1. The van der Waals surface area contributed by atoms with Crippen molar-refractivity contribution in [3.05, 3.63) is 78.0 Å². The Morgan fingerprint density at radius 1 is 1.12 bits per heavy atom. The monoisotopic (exact) mass is 315 g/mol. The molecule has 1 N–H and O–H groups in total. The highest BCUT2D eigenvalue weighted by Gasteiger charge is 2.43. The van der Waals surface area contributed by atoms with E-state index in [-0.39, 0.29) is 11.8 Å². The molecule has 0 unspecified atom stereocenters. The third kappa shape index (κ3) is 3.04. The van der Waals surface area contributed by atoms with E-state index in [0.717, 1.165) is 22.9 Å². The molecule has 0 aliphatic heterocycles. The number of hydrogen-bond donors (Lipinski definition) is 1. The van der Waals surface area contributed by atoms with Gasteiger partial charge in [0.2, 0.25) is 5.91 Å². The van der Waals surface area contributed by atoms with Crippen LogP contribution in [0.2, 0.25) is 0 Å².